The number of carbonyl (C=O) groups is 1. The molecule has 4 rings (SSSR count). The molecule has 0 aliphatic carbocycles. The minimum Gasteiger partial charge on any atom is -0.350 e. The quantitative estimate of drug-likeness (QED) is 0.537. The Morgan fingerprint density at radius 3 is 2.63 bits per heavy atom. The van der Waals surface area contributed by atoms with Crippen LogP contribution in [0.15, 0.2) is 71.7 Å². The van der Waals surface area contributed by atoms with E-state index in [0.717, 1.165) is 11.1 Å². The standard InChI is InChI=1S/C23H21FN4O2/c1-16-9-10-18(14-19(16)24)22(29)26-12-13-27-21-20(8-5-11-25-21)28(23(27)30)15-17-6-3-2-4-7-17/h2-11,14H,12-13,15H2,1H3,(H,26,29). The first-order valence-corrected chi connectivity index (χ1v) is 9.67. The topological polar surface area (TPSA) is 68.9 Å². The van der Waals surface area contributed by atoms with E-state index in [9.17, 15) is 14.0 Å². The van der Waals surface area contributed by atoms with Crippen LogP contribution in [0.3, 0.4) is 0 Å². The van der Waals surface area contributed by atoms with Crippen molar-refractivity contribution in [2.45, 2.75) is 20.0 Å². The van der Waals surface area contributed by atoms with Crippen LogP contribution in [0.5, 0.6) is 0 Å². The Kier molecular flexibility index (Phi) is 5.43. The van der Waals surface area contributed by atoms with Gasteiger partial charge in [-0.2, -0.15) is 0 Å². The summed E-state index contributed by atoms with van der Waals surface area (Å²) in [5.74, 6) is -0.810. The van der Waals surface area contributed by atoms with Crippen LogP contribution in [0, 0.1) is 12.7 Å². The molecule has 0 radical (unpaired) electrons. The van der Waals surface area contributed by atoms with Crippen molar-refractivity contribution < 1.29 is 9.18 Å². The number of halogens is 1. The van der Waals surface area contributed by atoms with Crippen LogP contribution in [0.2, 0.25) is 0 Å². The summed E-state index contributed by atoms with van der Waals surface area (Å²) < 4.78 is 16.9. The van der Waals surface area contributed by atoms with Gasteiger partial charge >= 0.3 is 5.69 Å². The van der Waals surface area contributed by atoms with Gasteiger partial charge in [-0.25, -0.2) is 14.2 Å². The molecule has 4 aromatic rings. The first-order chi connectivity index (χ1) is 14.5. The van der Waals surface area contributed by atoms with Gasteiger partial charge in [0, 0.05) is 24.8 Å². The average Bonchev–Trinajstić information content (AvgIpc) is 3.02. The van der Waals surface area contributed by atoms with Crippen molar-refractivity contribution in [1.82, 2.24) is 19.4 Å². The van der Waals surface area contributed by atoms with Crippen LogP contribution in [-0.2, 0) is 13.1 Å². The SMILES string of the molecule is Cc1ccc(C(=O)NCCn2c(=O)n(Cc3ccccc3)c3cccnc32)cc1F. The minimum absolute atomic E-state index is 0.191. The predicted octanol–water partition coefficient (Wildman–Crippen LogP) is 3.12. The van der Waals surface area contributed by atoms with Crippen molar-refractivity contribution in [3.05, 3.63) is 99.9 Å². The lowest BCUT2D eigenvalue weighted by atomic mass is 10.1. The van der Waals surface area contributed by atoms with E-state index in [2.05, 4.69) is 10.3 Å². The van der Waals surface area contributed by atoms with E-state index in [1.54, 1.807) is 40.5 Å². The Labute approximate surface area is 172 Å². The molecule has 0 fully saturated rings. The summed E-state index contributed by atoms with van der Waals surface area (Å²) >= 11 is 0. The summed E-state index contributed by atoms with van der Waals surface area (Å²) in [4.78, 5) is 29.7. The highest BCUT2D eigenvalue weighted by Crippen LogP contribution is 2.12. The number of aryl methyl sites for hydroxylation is 1. The predicted molar refractivity (Wildman–Crippen MR) is 113 cm³/mol. The molecule has 1 N–H and O–H groups in total. The number of fused-ring (bicyclic) bond motifs is 1. The van der Waals surface area contributed by atoms with Gasteiger partial charge in [-0.15, -0.1) is 0 Å². The summed E-state index contributed by atoms with van der Waals surface area (Å²) in [6, 6.07) is 17.7. The second-order valence-electron chi connectivity index (χ2n) is 7.07. The average molecular weight is 404 g/mol. The van der Waals surface area contributed by atoms with Crippen molar-refractivity contribution in [3.63, 3.8) is 0 Å². The lowest BCUT2D eigenvalue weighted by molar-refractivity contribution is 0.0952. The summed E-state index contributed by atoms with van der Waals surface area (Å²) in [6.45, 7) is 2.55. The summed E-state index contributed by atoms with van der Waals surface area (Å²) in [5, 5.41) is 2.74. The van der Waals surface area contributed by atoms with Crippen molar-refractivity contribution in [3.8, 4) is 0 Å². The highest BCUT2D eigenvalue weighted by atomic mass is 19.1. The van der Waals surface area contributed by atoms with E-state index in [4.69, 9.17) is 0 Å². The molecule has 0 aliphatic heterocycles. The number of hydrogen-bond donors (Lipinski definition) is 1. The largest absolute Gasteiger partial charge is 0.350 e. The molecule has 2 heterocycles. The van der Waals surface area contributed by atoms with Gasteiger partial charge in [-0.3, -0.25) is 13.9 Å². The Morgan fingerprint density at radius 1 is 1.07 bits per heavy atom. The van der Waals surface area contributed by atoms with E-state index < -0.39 is 5.82 Å². The normalized spacial score (nSPS) is 11.0. The molecule has 7 heteroatoms. The monoisotopic (exact) mass is 404 g/mol. The fourth-order valence-electron chi connectivity index (χ4n) is 3.38. The summed E-state index contributed by atoms with van der Waals surface area (Å²) in [6.07, 6.45) is 1.64. The zero-order valence-corrected chi connectivity index (χ0v) is 16.5. The Bertz CT molecular complexity index is 1260. The molecule has 30 heavy (non-hydrogen) atoms. The highest BCUT2D eigenvalue weighted by molar-refractivity contribution is 5.94. The molecule has 0 saturated carbocycles. The molecule has 0 aliphatic rings. The van der Waals surface area contributed by atoms with E-state index in [-0.39, 0.29) is 30.2 Å². The van der Waals surface area contributed by atoms with Crippen LogP contribution in [0.25, 0.3) is 11.2 Å². The number of carbonyl (C=O) groups excluding carboxylic acids is 1. The molecular weight excluding hydrogens is 383 g/mol. The van der Waals surface area contributed by atoms with Gasteiger partial charge in [-0.1, -0.05) is 36.4 Å². The number of amides is 1. The molecule has 1 amide bonds. The third-order valence-electron chi connectivity index (χ3n) is 5.01. The fourth-order valence-corrected chi connectivity index (χ4v) is 3.38. The van der Waals surface area contributed by atoms with Crippen molar-refractivity contribution in [2.24, 2.45) is 0 Å². The fraction of sp³-hybridized carbons (Fsp3) is 0.174. The first kappa shape index (κ1) is 19.6. The van der Waals surface area contributed by atoms with Gasteiger partial charge in [0.15, 0.2) is 5.65 Å². The number of nitrogens with one attached hydrogen (secondary N) is 1. The van der Waals surface area contributed by atoms with Crippen LogP contribution in [0.1, 0.15) is 21.5 Å². The van der Waals surface area contributed by atoms with Crippen molar-refractivity contribution in [1.29, 1.82) is 0 Å². The zero-order valence-electron chi connectivity index (χ0n) is 16.5. The van der Waals surface area contributed by atoms with Crippen LogP contribution in [-0.4, -0.2) is 26.6 Å². The third kappa shape index (κ3) is 3.87. The van der Waals surface area contributed by atoms with Gasteiger partial charge in [0.05, 0.1) is 12.1 Å². The summed E-state index contributed by atoms with van der Waals surface area (Å²) in [7, 11) is 0. The van der Waals surface area contributed by atoms with Crippen LogP contribution in [0.4, 0.5) is 4.39 Å². The number of rotatable bonds is 6. The Hall–Kier alpha value is -3.74. The Morgan fingerprint density at radius 2 is 1.87 bits per heavy atom. The van der Waals surface area contributed by atoms with E-state index in [1.165, 1.54) is 6.07 Å². The highest BCUT2D eigenvalue weighted by Gasteiger charge is 2.15. The molecule has 6 nitrogen and oxygen atoms in total. The molecule has 2 aromatic heterocycles. The maximum atomic E-state index is 13.7. The zero-order chi connectivity index (χ0) is 21.1. The maximum Gasteiger partial charge on any atom is 0.330 e. The molecule has 0 bridgehead atoms. The summed E-state index contributed by atoms with van der Waals surface area (Å²) in [5.41, 5.74) is 2.85. The number of hydrogen-bond acceptors (Lipinski definition) is 3. The first-order valence-electron chi connectivity index (χ1n) is 9.67. The second-order valence-corrected chi connectivity index (χ2v) is 7.07. The minimum atomic E-state index is -0.424. The molecule has 152 valence electrons. The van der Waals surface area contributed by atoms with E-state index >= 15 is 0 Å². The molecule has 2 aromatic carbocycles. The second kappa shape index (κ2) is 8.32. The maximum absolute atomic E-state index is 13.7. The van der Waals surface area contributed by atoms with Gasteiger partial charge in [0.2, 0.25) is 0 Å². The lowest BCUT2D eigenvalue weighted by Crippen LogP contribution is -2.32. The smallest absolute Gasteiger partial charge is 0.330 e. The van der Waals surface area contributed by atoms with Crippen molar-refractivity contribution in [2.75, 3.05) is 6.54 Å². The van der Waals surface area contributed by atoms with Gasteiger partial charge in [0.25, 0.3) is 5.91 Å². The van der Waals surface area contributed by atoms with Crippen LogP contribution < -0.4 is 11.0 Å². The molecule has 0 spiro atoms. The van der Waals surface area contributed by atoms with E-state index in [0.29, 0.717) is 17.8 Å². The lowest BCUT2D eigenvalue weighted by Gasteiger charge is -2.07. The van der Waals surface area contributed by atoms with Gasteiger partial charge in [0.1, 0.15) is 5.82 Å². The van der Waals surface area contributed by atoms with E-state index in [1.807, 2.05) is 36.4 Å². The molecule has 0 saturated heterocycles. The van der Waals surface area contributed by atoms with Gasteiger partial charge in [-0.05, 0) is 42.3 Å². The third-order valence-corrected chi connectivity index (χ3v) is 5.01. The number of pyridine rings is 1. The molecule has 0 unspecified atom stereocenters. The molecule has 0 atom stereocenters. The number of benzene rings is 2. The Balaban J connectivity index is 1.54. The van der Waals surface area contributed by atoms with Crippen LogP contribution >= 0.6 is 0 Å². The van der Waals surface area contributed by atoms with Gasteiger partial charge < -0.3 is 5.32 Å². The number of nitrogens with zero attached hydrogens (tertiary/aromatic N) is 3. The number of imidazole rings is 1. The molecular formula is C23H21FN4O2. The van der Waals surface area contributed by atoms with Crippen molar-refractivity contribution >= 4 is 17.1 Å². The number of aromatic nitrogens is 3.